The summed E-state index contributed by atoms with van der Waals surface area (Å²) in [5.41, 5.74) is 0.707. The van der Waals surface area contributed by atoms with Gasteiger partial charge in [-0.15, -0.1) is 0 Å². The van der Waals surface area contributed by atoms with Crippen molar-refractivity contribution in [1.29, 1.82) is 0 Å². The molecule has 1 aromatic carbocycles. The number of hydrogen-bond donors (Lipinski definition) is 1. The fourth-order valence-electron chi connectivity index (χ4n) is 3.00. The lowest BCUT2D eigenvalue weighted by Gasteiger charge is -2.37. The van der Waals surface area contributed by atoms with Gasteiger partial charge in [0, 0.05) is 6.04 Å². The van der Waals surface area contributed by atoms with Gasteiger partial charge in [-0.2, -0.15) is 0 Å². The van der Waals surface area contributed by atoms with E-state index in [2.05, 4.69) is 24.4 Å². The summed E-state index contributed by atoms with van der Waals surface area (Å²) in [5.74, 6) is -0.116. The van der Waals surface area contributed by atoms with E-state index in [-0.39, 0.29) is 12.0 Å². The van der Waals surface area contributed by atoms with E-state index in [1.165, 1.54) is 19.1 Å². The topological polar surface area (TPSA) is 38.3 Å². The highest BCUT2D eigenvalue weighted by Crippen LogP contribution is 2.31. The van der Waals surface area contributed by atoms with Gasteiger partial charge in [0.05, 0.1) is 7.11 Å². The molecular weight excluding hydrogens is 238 g/mol. The quantitative estimate of drug-likeness (QED) is 0.846. The summed E-state index contributed by atoms with van der Waals surface area (Å²) in [5, 5.41) is 3.52. The van der Waals surface area contributed by atoms with Gasteiger partial charge in [-0.05, 0) is 25.3 Å². The Kier molecular flexibility index (Phi) is 4.59. The zero-order valence-corrected chi connectivity index (χ0v) is 11.8. The van der Waals surface area contributed by atoms with Crippen molar-refractivity contribution in [2.75, 3.05) is 7.11 Å². The molecule has 0 heterocycles. The molecular formula is C16H23NO2. The second-order valence-corrected chi connectivity index (χ2v) is 5.41. The van der Waals surface area contributed by atoms with Crippen LogP contribution in [0.15, 0.2) is 30.3 Å². The van der Waals surface area contributed by atoms with Crippen LogP contribution in [0.3, 0.4) is 0 Å². The van der Waals surface area contributed by atoms with Gasteiger partial charge in [0.25, 0.3) is 0 Å². The van der Waals surface area contributed by atoms with Crippen LogP contribution >= 0.6 is 0 Å². The molecule has 1 N–H and O–H groups in total. The molecule has 1 aliphatic carbocycles. The molecule has 2 rings (SSSR count). The van der Waals surface area contributed by atoms with Gasteiger partial charge in [-0.25, -0.2) is 0 Å². The highest BCUT2D eigenvalue weighted by molar-refractivity contribution is 5.81. The van der Waals surface area contributed by atoms with Crippen LogP contribution in [0.25, 0.3) is 0 Å². The lowest BCUT2D eigenvalue weighted by molar-refractivity contribution is -0.150. The Balaban J connectivity index is 2.14. The molecule has 3 nitrogen and oxygen atoms in total. The highest BCUT2D eigenvalue weighted by Gasteiger charge is 2.41. The summed E-state index contributed by atoms with van der Waals surface area (Å²) in [7, 11) is 1.48. The number of nitrogens with one attached hydrogen (secondary N) is 1. The third kappa shape index (κ3) is 3.16. The van der Waals surface area contributed by atoms with Gasteiger partial charge in [0.1, 0.15) is 5.54 Å². The normalized spacial score (nSPS) is 19.7. The molecule has 0 radical (unpaired) electrons. The summed E-state index contributed by atoms with van der Waals surface area (Å²) >= 11 is 0. The van der Waals surface area contributed by atoms with Gasteiger partial charge >= 0.3 is 5.97 Å². The molecule has 19 heavy (non-hydrogen) atoms. The van der Waals surface area contributed by atoms with E-state index < -0.39 is 5.54 Å². The third-order valence-corrected chi connectivity index (χ3v) is 4.08. The van der Waals surface area contributed by atoms with Crippen LogP contribution in [0.5, 0.6) is 0 Å². The first-order valence-electron chi connectivity index (χ1n) is 7.09. The Morgan fingerprint density at radius 1 is 1.21 bits per heavy atom. The fourth-order valence-corrected chi connectivity index (χ4v) is 3.00. The van der Waals surface area contributed by atoms with Crippen molar-refractivity contribution in [1.82, 2.24) is 5.32 Å². The molecule has 0 aromatic heterocycles. The van der Waals surface area contributed by atoms with Crippen LogP contribution in [0.1, 0.15) is 50.6 Å². The van der Waals surface area contributed by atoms with Crippen LogP contribution < -0.4 is 5.32 Å². The Morgan fingerprint density at radius 2 is 1.84 bits per heavy atom. The zero-order valence-electron chi connectivity index (χ0n) is 11.8. The van der Waals surface area contributed by atoms with Crippen molar-refractivity contribution in [3.63, 3.8) is 0 Å². The number of methoxy groups -OCH3 is 1. The van der Waals surface area contributed by atoms with Gasteiger partial charge in [-0.3, -0.25) is 10.1 Å². The van der Waals surface area contributed by atoms with E-state index in [0.29, 0.717) is 0 Å². The minimum Gasteiger partial charge on any atom is -0.468 e. The minimum absolute atomic E-state index is 0.116. The lowest BCUT2D eigenvalue weighted by atomic mass is 9.80. The van der Waals surface area contributed by atoms with Gasteiger partial charge in [0.15, 0.2) is 0 Å². The molecule has 0 amide bonds. The number of hydrogen-bond acceptors (Lipinski definition) is 3. The molecule has 3 heteroatoms. The average molecular weight is 261 g/mol. The molecule has 0 saturated heterocycles. The molecule has 104 valence electrons. The predicted molar refractivity (Wildman–Crippen MR) is 75.8 cm³/mol. The summed E-state index contributed by atoms with van der Waals surface area (Å²) in [6.45, 7) is 2.11. The van der Waals surface area contributed by atoms with Crippen molar-refractivity contribution >= 4 is 5.97 Å². The van der Waals surface area contributed by atoms with Crippen LogP contribution in [0, 0.1) is 0 Å². The number of carbonyl (C=O) groups excluding carboxylic acids is 1. The number of rotatable bonds is 4. The lowest BCUT2D eigenvalue weighted by Crippen LogP contribution is -2.54. The second kappa shape index (κ2) is 6.20. The first-order valence-corrected chi connectivity index (χ1v) is 7.09. The predicted octanol–water partition coefficient (Wildman–Crippen LogP) is 3.21. The summed E-state index contributed by atoms with van der Waals surface area (Å²) in [4.78, 5) is 12.2. The molecule has 0 aliphatic heterocycles. The third-order valence-electron chi connectivity index (χ3n) is 4.08. The first kappa shape index (κ1) is 14.1. The van der Waals surface area contributed by atoms with Crippen molar-refractivity contribution in [2.45, 2.75) is 50.6 Å². The minimum atomic E-state index is -0.498. The van der Waals surface area contributed by atoms with Crippen LogP contribution in [-0.2, 0) is 9.53 Å². The van der Waals surface area contributed by atoms with E-state index in [0.717, 1.165) is 25.7 Å². The molecule has 0 spiro atoms. The fraction of sp³-hybridized carbons (Fsp3) is 0.562. The summed E-state index contributed by atoms with van der Waals surface area (Å²) in [6.07, 6.45) is 5.13. The largest absolute Gasteiger partial charge is 0.468 e. The molecule has 1 atom stereocenters. The maximum atomic E-state index is 12.2. The summed E-state index contributed by atoms with van der Waals surface area (Å²) in [6, 6.07) is 10.4. The van der Waals surface area contributed by atoms with Crippen molar-refractivity contribution in [3.8, 4) is 0 Å². The van der Waals surface area contributed by atoms with E-state index in [4.69, 9.17) is 4.74 Å². The highest BCUT2D eigenvalue weighted by atomic mass is 16.5. The second-order valence-electron chi connectivity index (χ2n) is 5.41. The van der Waals surface area contributed by atoms with Crippen LogP contribution in [-0.4, -0.2) is 18.6 Å². The number of ether oxygens (including phenoxy) is 1. The van der Waals surface area contributed by atoms with E-state index >= 15 is 0 Å². The van der Waals surface area contributed by atoms with Crippen molar-refractivity contribution in [3.05, 3.63) is 35.9 Å². The van der Waals surface area contributed by atoms with E-state index in [9.17, 15) is 4.79 Å². The van der Waals surface area contributed by atoms with E-state index in [1.807, 2.05) is 18.2 Å². The van der Waals surface area contributed by atoms with Crippen LogP contribution in [0.2, 0.25) is 0 Å². The molecule has 1 fully saturated rings. The van der Waals surface area contributed by atoms with Crippen LogP contribution in [0.4, 0.5) is 0 Å². The Hall–Kier alpha value is -1.35. The van der Waals surface area contributed by atoms with Gasteiger partial charge in [-0.1, -0.05) is 49.6 Å². The van der Waals surface area contributed by atoms with Crippen molar-refractivity contribution < 1.29 is 9.53 Å². The molecule has 1 aromatic rings. The van der Waals surface area contributed by atoms with E-state index in [1.54, 1.807) is 0 Å². The van der Waals surface area contributed by atoms with Gasteiger partial charge in [0.2, 0.25) is 0 Å². The number of carbonyl (C=O) groups is 1. The standard InChI is InChI=1S/C16H23NO2/c1-13(14-9-5-3-6-10-14)17-16(15(18)19-2)11-7-4-8-12-16/h3,5-6,9-10,13,17H,4,7-8,11-12H2,1-2H3/t13-/m0/s1. The number of benzene rings is 1. The smallest absolute Gasteiger partial charge is 0.326 e. The molecule has 1 saturated carbocycles. The number of esters is 1. The molecule has 1 aliphatic rings. The Labute approximate surface area is 115 Å². The summed E-state index contributed by atoms with van der Waals surface area (Å²) < 4.78 is 5.03. The first-order chi connectivity index (χ1) is 9.18. The maximum absolute atomic E-state index is 12.2. The maximum Gasteiger partial charge on any atom is 0.326 e. The average Bonchev–Trinajstić information content (AvgIpc) is 2.48. The molecule has 0 unspecified atom stereocenters. The SMILES string of the molecule is COC(=O)C1(N[C@@H](C)c2ccccc2)CCCCC1. The van der Waals surface area contributed by atoms with Gasteiger partial charge < -0.3 is 4.74 Å². The Bertz CT molecular complexity index is 410. The van der Waals surface area contributed by atoms with Crippen molar-refractivity contribution in [2.24, 2.45) is 0 Å². The Morgan fingerprint density at radius 3 is 2.42 bits per heavy atom. The monoisotopic (exact) mass is 261 g/mol. The zero-order chi connectivity index (χ0) is 13.7. The molecule has 0 bridgehead atoms.